The summed E-state index contributed by atoms with van der Waals surface area (Å²) in [6.07, 6.45) is -1.43. The van der Waals surface area contributed by atoms with E-state index in [9.17, 15) is 13.2 Å². The zero-order chi connectivity index (χ0) is 17.7. The van der Waals surface area contributed by atoms with Crippen molar-refractivity contribution in [3.63, 3.8) is 0 Å². The smallest absolute Gasteiger partial charge is 0.396 e. The largest absolute Gasteiger partial charge is 0.401 e. The highest BCUT2D eigenvalue weighted by atomic mass is 127. The fourth-order valence-corrected chi connectivity index (χ4v) is 2.23. The molecule has 0 aliphatic rings. The monoisotopic (exact) mass is 468 g/mol. The van der Waals surface area contributed by atoms with E-state index in [1.165, 1.54) is 11.9 Å². The van der Waals surface area contributed by atoms with Crippen LogP contribution in [0.25, 0.3) is 0 Å². The highest BCUT2D eigenvalue weighted by molar-refractivity contribution is 14.0. The number of nitrogens with zero attached hydrogens (tertiary/aromatic N) is 2. The highest BCUT2D eigenvalue weighted by Crippen LogP contribution is 2.15. The molecule has 0 spiro atoms. The van der Waals surface area contributed by atoms with E-state index >= 15 is 0 Å². The summed E-state index contributed by atoms with van der Waals surface area (Å²) in [6, 6.07) is 0. The molecular formula is C15H32F3IN4O. The molecule has 0 aromatic rings. The van der Waals surface area contributed by atoms with E-state index in [-0.39, 0.29) is 37.1 Å². The number of likely N-dealkylation sites (N-methyl/N-ethyl adjacent to an activating group) is 1. The fraction of sp³-hybridized carbons (Fsp3) is 0.933. The van der Waals surface area contributed by atoms with Gasteiger partial charge in [0, 0.05) is 32.8 Å². The molecule has 0 rings (SSSR count). The number of nitrogens with one attached hydrogen (secondary N) is 2. The van der Waals surface area contributed by atoms with Gasteiger partial charge in [-0.3, -0.25) is 9.89 Å². The molecule has 0 aliphatic carbocycles. The third kappa shape index (κ3) is 15.3. The molecule has 0 radical (unpaired) electrons. The van der Waals surface area contributed by atoms with E-state index in [4.69, 9.17) is 5.11 Å². The quantitative estimate of drug-likeness (QED) is 0.248. The van der Waals surface area contributed by atoms with Crippen LogP contribution in [-0.2, 0) is 0 Å². The van der Waals surface area contributed by atoms with Crippen molar-refractivity contribution in [2.75, 3.05) is 46.4 Å². The first-order valence-corrected chi connectivity index (χ1v) is 8.20. The first-order valence-electron chi connectivity index (χ1n) is 8.20. The van der Waals surface area contributed by atoms with Gasteiger partial charge in [0.15, 0.2) is 5.96 Å². The average Bonchev–Trinajstić information content (AvgIpc) is 2.43. The lowest BCUT2D eigenvalue weighted by atomic mass is 10.0. The summed E-state index contributed by atoms with van der Waals surface area (Å²) in [7, 11) is 1.44. The van der Waals surface area contributed by atoms with Gasteiger partial charge < -0.3 is 15.7 Å². The fourth-order valence-electron chi connectivity index (χ4n) is 2.23. The van der Waals surface area contributed by atoms with E-state index in [1.807, 2.05) is 6.92 Å². The van der Waals surface area contributed by atoms with Crippen molar-refractivity contribution in [1.29, 1.82) is 0 Å². The normalized spacial score (nSPS) is 13.6. The number of aliphatic hydroxyl groups is 1. The first kappa shape index (κ1) is 25.9. The second kappa shape index (κ2) is 15.0. The van der Waals surface area contributed by atoms with Gasteiger partial charge >= 0.3 is 6.18 Å². The van der Waals surface area contributed by atoms with Gasteiger partial charge in [-0.15, -0.1) is 24.0 Å². The molecule has 3 N–H and O–H groups in total. The van der Waals surface area contributed by atoms with Gasteiger partial charge in [-0.1, -0.05) is 13.3 Å². The predicted octanol–water partition coefficient (Wildman–Crippen LogP) is 2.45. The second-order valence-corrected chi connectivity index (χ2v) is 5.67. The molecule has 0 saturated heterocycles. The molecule has 0 aliphatic heterocycles. The van der Waals surface area contributed by atoms with Crippen LogP contribution in [0.5, 0.6) is 0 Å². The van der Waals surface area contributed by atoms with Gasteiger partial charge in [0.2, 0.25) is 0 Å². The van der Waals surface area contributed by atoms with Crippen LogP contribution in [0, 0.1) is 5.92 Å². The maximum absolute atomic E-state index is 12.2. The first-order chi connectivity index (χ1) is 10.8. The number of guanidine groups is 1. The summed E-state index contributed by atoms with van der Waals surface area (Å²) < 4.78 is 36.7. The molecule has 0 fully saturated rings. The Hall–Kier alpha value is -0.290. The van der Waals surface area contributed by atoms with E-state index in [0.717, 1.165) is 12.8 Å². The minimum atomic E-state index is -4.18. The van der Waals surface area contributed by atoms with Crippen LogP contribution in [-0.4, -0.2) is 68.5 Å². The predicted molar refractivity (Wildman–Crippen MR) is 103 cm³/mol. The van der Waals surface area contributed by atoms with E-state index in [0.29, 0.717) is 37.9 Å². The van der Waals surface area contributed by atoms with Crippen LogP contribution in [0.2, 0.25) is 0 Å². The second-order valence-electron chi connectivity index (χ2n) is 5.67. The molecule has 9 heteroatoms. The molecule has 0 aromatic heterocycles. The van der Waals surface area contributed by atoms with Crippen molar-refractivity contribution in [2.45, 2.75) is 39.3 Å². The molecule has 5 nitrogen and oxygen atoms in total. The van der Waals surface area contributed by atoms with Gasteiger partial charge in [0.25, 0.3) is 0 Å². The topological polar surface area (TPSA) is 59.9 Å². The summed E-state index contributed by atoms with van der Waals surface area (Å²) in [5, 5.41) is 15.2. The van der Waals surface area contributed by atoms with Crippen LogP contribution in [0.4, 0.5) is 13.2 Å². The van der Waals surface area contributed by atoms with Crippen molar-refractivity contribution in [3.8, 4) is 0 Å². The number of aliphatic hydroxyl groups excluding tert-OH is 1. The SMILES string of the molecule is CCCC(CCO)CN=C(NCC)NCCN(C)CC(F)(F)F.I. The van der Waals surface area contributed by atoms with E-state index in [2.05, 4.69) is 22.5 Å². The van der Waals surface area contributed by atoms with Crippen LogP contribution < -0.4 is 10.6 Å². The van der Waals surface area contributed by atoms with E-state index < -0.39 is 12.7 Å². The minimum absolute atomic E-state index is 0. The Balaban J connectivity index is 0. The molecule has 1 unspecified atom stereocenters. The molecule has 0 aromatic carbocycles. The number of aliphatic imine (C=N–C) groups is 1. The lowest BCUT2D eigenvalue weighted by Gasteiger charge is -2.20. The Bertz CT molecular complexity index is 324. The Morgan fingerprint density at radius 1 is 1.21 bits per heavy atom. The molecule has 0 amide bonds. The number of alkyl halides is 3. The van der Waals surface area contributed by atoms with Crippen LogP contribution in [0.15, 0.2) is 4.99 Å². The zero-order valence-electron chi connectivity index (χ0n) is 14.8. The Morgan fingerprint density at radius 2 is 1.88 bits per heavy atom. The third-order valence-electron chi connectivity index (χ3n) is 3.32. The lowest BCUT2D eigenvalue weighted by molar-refractivity contribution is -0.142. The van der Waals surface area contributed by atoms with Crippen molar-refractivity contribution in [2.24, 2.45) is 10.9 Å². The third-order valence-corrected chi connectivity index (χ3v) is 3.32. The van der Waals surface area contributed by atoms with Crippen molar-refractivity contribution >= 4 is 29.9 Å². The number of hydrogen-bond acceptors (Lipinski definition) is 3. The summed E-state index contributed by atoms with van der Waals surface area (Å²) >= 11 is 0. The van der Waals surface area contributed by atoms with Crippen LogP contribution in [0.3, 0.4) is 0 Å². The van der Waals surface area contributed by atoms with Crippen molar-refractivity contribution in [1.82, 2.24) is 15.5 Å². The van der Waals surface area contributed by atoms with Crippen LogP contribution >= 0.6 is 24.0 Å². The molecule has 0 bridgehead atoms. The zero-order valence-corrected chi connectivity index (χ0v) is 17.2. The Morgan fingerprint density at radius 3 is 2.38 bits per heavy atom. The highest BCUT2D eigenvalue weighted by Gasteiger charge is 2.28. The number of halogens is 4. The number of rotatable bonds is 11. The summed E-state index contributed by atoms with van der Waals surface area (Å²) in [5.74, 6) is 0.931. The summed E-state index contributed by atoms with van der Waals surface area (Å²) in [5.41, 5.74) is 0. The summed E-state index contributed by atoms with van der Waals surface area (Å²) in [6.45, 7) is 5.20. The molecular weight excluding hydrogens is 436 g/mol. The molecule has 0 heterocycles. The standard InChI is InChI=1S/C15H31F3N4O.HI/c1-4-6-13(7-10-23)11-21-14(19-5-2)20-8-9-22(3)12-15(16,17)18;/h13,23H,4-12H2,1-3H3,(H2,19,20,21);1H. The van der Waals surface area contributed by atoms with Gasteiger partial charge in [-0.25, -0.2) is 0 Å². The molecule has 0 saturated carbocycles. The van der Waals surface area contributed by atoms with Gasteiger partial charge in [-0.05, 0) is 32.7 Å². The maximum atomic E-state index is 12.2. The van der Waals surface area contributed by atoms with Crippen molar-refractivity contribution in [3.05, 3.63) is 0 Å². The summed E-state index contributed by atoms with van der Waals surface area (Å²) in [4.78, 5) is 5.69. The molecule has 146 valence electrons. The maximum Gasteiger partial charge on any atom is 0.401 e. The van der Waals surface area contributed by atoms with Gasteiger partial charge in [0.05, 0.1) is 6.54 Å². The minimum Gasteiger partial charge on any atom is -0.396 e. The van der Waals surface area contributed by atoms with Crippen LogP contribution in [0.1, 0.15) is 33.1 Å². The van der Waals surface area contributed by atoms with Gasteiger partial charge in [-0.2, -0.15) is 13.2 Å². The average molecular weight is 468 g/mol. The lowest BCUT2D eigenvalue weighted by Crippen LogP contribution is -2.42. The Labute approximate surface area is 160 Å². The van der Waals surface area contributed by atoms with Gasteiger partial charge in [0.1, 0.15) is 0 Å². The molecule has 24 heavy (non-hydrogen) atoms. The number of hydrogen-bond donors (Lipinski definition) is 3. The molecule has 1 atom stereocenters. The van der Waals surface area contributed by atoms with E-state index in [1.54, 1.807) is 0 Å². The Kier molecular flexibility index (Phi) is 16.2. The van der Waals surface area contributed by atoms with Crippen molar-refractivity contribution < 1.29 is 18.3 Å².